The van der Waals surface area contributed by atoms with Gasteiger partial charge in [0, 0.05) is 0 Å². The molecule has 0 saturated heterocycles. The van der Waals surface area contributed by atoms with Gasteiger partial charge < -0.3 is 0 Å². The molecule has 2 aliphatic carbocycles. The lowest BCUT2D eigenvalue weighted by atomic mass is 9.96. The molecule has 2 aliphatic rings. The second-order valence-electron chi connectivity index (χ2n) is 3.77. The molecule has 12 heavy (non-hydrogen) atoms. The van der Waals surface area contributed by atoms with Gasteiger partial charge in [0.1, 0.15) is 0 Å². The first-order valence-electron chi connectivity index (χ1n) is 4.61. The molecule has 1 unspecified atom stereocenters. The average Bonchev–Trinajstić information content (AvgIpc) is 2.86. The lowest BCUT2D eigenvalue weighted by Crippen LogP contribution is -2.26. The summed E-state index contributed by atoms with van der Waals surface area (Å²) in [7, 11) is -1.13. The first-order valence-corrected chi connectivity index (χ1v) is 5.83. The van der Waals surface area contributed by atoms with E-state index in [1.807, 2.05) is 0 Å². The van der Waals surface area contributed by atoms with Crippen LogP contribution < -0.4 is 5.14 Å². The van der Waals surface area contributed by atoms with E-state index in [1.54, 1.807) is 0 Å². The molecule has 1 atom stereocenters. The van der Waals surface area contributed by atoms with E-state index in [0.29, 0.717) is 0 Å². The summed E-state index contributed by atoms with van der Waals surface area (Å²) in [6.07, 6.45) is 9.18. The molecule has 3 heteroatoms. The number of rotatable bonds is 2. The zero-order chi connectivity index (χ0) is 8.60. The molecule has 2 nitrogen and oxygen atoms in total. The molecule has 1 saturated carbocycles. The smallest absolute Gasteiger partial charge is 0.0993 e. The largest absolute Gasteiger partial charge is 0.251 e. The molecule has 2 rings (SSSR count). The fourth-order valence-corrected chi connectivity index (χ4v) is 2.97. The maximum absolute atomic E-state index is 11.3. The summed E-state index contributed by atoms with van der Waals surface area (Å²) in [6, 6.07) is 0. The third-order valence-electron chi connectivity index (χ3n) is 2.97. The van der Waals surface area contributed by atoms with Gasteiger partial charge in [-0.3, -0.25) is 5.14 Å². The van der Waals surface area contributed by atoms with Gasteiger partial charge in [0.05, 0.1) is 15.7 Å². The van der Waals surface area contributed by atoms with Crippen molar-refractivity contribution in [3.05, 3.63) is 11.6 Å². The lowest BCUT2D eigenvalue weighted by Gasteiger charge is -2.19. The van der Waals surface area contributed by atoms with Crippen molar-refractivity contribution in [2.45, 2.75) is 43.3 Å². The second-order valence-corrected chi connectivity index (χ2v) is 5.14. The van der Waals surface area contributed by atoms with Crippen LogP contribution in [0.15, 0.2) is 11.6 Å². The van der Waals surface area contributed by atoms with Crippen molar-refractivity contribution in [2.75, 3.05) is 0 Å². The van der Waals surface area contributed by atoms with Gasteiger partial charge in [0.2, 0.25) is 0 Å². The molecular weight excluding hydrogens is 170 g/mol. The molecule has 0 heterocycles. The van der Waals surface area contributed by atoms with Gasteiger partial charge in [-0.1, -0.05) is 11.6 Å². The van der Waals surface area contributed by atoms with Gasteiger partial charge in [-0.15, -0.1) is 0 Å². The van der Waals surface area contributed by atoms with E-state index >= 15 is 0 Å². The van der Waals surface area contributed by atoms with Gasteiger partial charge in [-0.2, -0.15) is 0 Å². The maximum atomic E-state index is 11.3. The third-order valence-corrected chi connectivity index (χ3v) is 4.41. The van der Waals surface area contributed by atoms with E-state index in [0.717, 1.165) is 25.7 Å². The quantitative estimate of drug-likeness (QED) is 0.653. The normalized spacial score (nSPS) is 29.2. The van der Waals surface area contributed by atoms with Crippen molar-refractivity contribution < 1.29 is 4.21 Å². The SMILES string of the molecule is NS(=O)C1(C2=CCCCC2)CC1. The lowest BCUT2D eigenvalue weighted by molar-refractivity contribution is 0.652. The van der Waals surface area contributed by atoms with Crippen LogP contribution in [0.2, 0.25) is 0 Å². The molecule has 0 radical (unpaired) electrons. The van der Waals surface area contributed by atoms with Gasteiger partial charge in [-0.05, 0) is 38.5 Å². The van der Waals surface area contributed by atoms with E-state index in [2.05, 4.69) is 6.08 Å². The Kier molecular flexibility index (Phi) is 2.09. The minimum atomic E-state index is -1.13. The highest BCUT2D eigenvalue weighted by Gasteiger charge is 2.50. The molecule has 0 aromatic rings. The van der Waals surface area contributed by atoms with Gasteiger partial charge >= 0.3 is 0 Å². The Morgan fingerprint density at radius 3 is 2.58 bits per heavy atom. The summed E-state index contributed by atoms with van der Waals surface area (Å²) >= 11 is 0. The van der Waals surface area contributed by atoms with Crippen molar-refractivity contribution in [3.63, 3.8) is 0 Å². The Labute approximate surface area is 75.8 Å². The minimum Gasteiger partial charge on any atom is -0.251 e. The van der Waals surface area contributed by atoms with Crippen molar-refractivity contribution in [1.29, 1.82) is 0 Å². The summed E-state index contributed by atoms with van der Waals surface area (Å²) in [6.45, 7) is 0. The molecule has 1 fully saturated rings. The van der Waals surface area contributed by atoms with Crippen molar-refractivity contribution in [2.24, 2.45) is 5.14 Å². The number of nitrogens with two attached hydrogens (primary N) is 1. The topological polar surface area (TPSA) is 43.1 Å². The molecule has 0 amide bonds. The fraction of sp³-hybridized carbons (Fsp3) is 0.778. The Balaban J connectivity index is 2.17. The van der Waals surface area contributed by atoms with Crippen LogP contribution in [0, 0.1) is 0 Å². The monoisotopic (exact) mass is 185 g/mol. The molecule has 2 N–H and O–H groups in total. The van der Waals surface area contributed by atoms with Gasteiger partial charge in [0.15, 0.2) is 0 Å². The third kappa shape index (κ3) is 1.25. The van der Waals surface area contributed by atoms with E-state index in [-0.39, 0.29) is 4.75 Å². The summed E-state index contributed by atoms with van der Waals surface area (Å²) < 4.78 is 11.2. The van der Waals surface area contributed by atoms with E-state index < -0.39 is 11.0 Å². The first kappa shape index (κ1) is 8.45. The summed E-state index contributed by atoms with van der Waals surface area (Å²) in [4.78, 5) is 0. The van der Waals surface area contributed by atoms with Gasteiger partial charge in [0.25, 0.3) is 0 Å². The van der Waals surface area contributed by atoms with Crippen LogP contribution in [0.5, 0.6) is 0 Å². The standard InChI is InChI=1S/C9H15NOS/c10-12(11)9(6-7-9)8-4-2-1-3-5-8/h4H,1-3,5-7,10H2. The Hall–Kier alpha value is -0.150. The van der Waals surface area contributed by atoms with Crippen LogP contribution in [-0.2, 0) is 11.0 Å². The van der Waals surface area contributed by atoms with Crippen LogP contribution >= 0.6 is 0 Å². The Bertz CT molecular complexity index is 243. The van der Waals surface area contributed by atoms with Crippen LogP contribution in [0.4, 0.5) is 0 Å². The predicted molar refractivity (Wildman–Crippen MR) is 50.8 cm³/mol. The Morgan fingerprint density at radius 2 is 2.17 bits per heavy atom. The first-order chi connectivity index (χ1) is 5.76. The van der Waals surface area contributed by atoms with Crippen LogP contribution in [-0.4, -0.2) is 8.96 Å². The van der Waals surface area contributed by atoms with E-state index in [4.69, 9.17) is 5.14 Å². The zero-order valence-electron chi connectivity index (χ0n) is 7.21. The summed E-state index contributed by atoms with van der Waals surface area (Å²) in [5.41, 5.74) is 1.38. The van der Waals surface area contributed by atoms with Crippen LogP contribution in [0.25, 0.3) is 0 Å². The summed E-state index contributed by atoms with van der Waals surface area (Å²) in [5.74, 6) is 0. The van der Waals surface area contributed by atoms with E-state index in [9.17, 15) is 4.21 Å². The number of hydrogen-bond donors (Lipinski definition) is 1. The summed E-state index contributed by atoms with van der Waals surface area (Å²) in [5, 5.41) is 5.49. The van der Waals surface area contributed by atoms with Crippen molar-refractivity contribution >= 4 is 11.0 Å². The molecular formula is C9H15NOS. The molecule has 68 valence electrons. The minimum absolute atomic E-state index is 0.0690. The zero-order valence-corrected chi connectivity index (χ0v) is 8.03. The van der Waals surface area contributed by atoms with Crippen molar-refractivity contribution in [1.82, 2.24) is 0 Å². The molecule has 0 aromatic carbocycles. The van der Waals surface area contributed by atoms with Crippen LogP contribution in [0.1, 0.15) is 38.5 Å². The second kappa shape index (κ2) is 2.96. The highest BCUT2D eigenvalue weighted by atomic mass is 32.2. The molecule has 0 aliphatic heterocycles. The molecule has 0 spiro atoms. The maximum Gasteiger partial charge on any atom is 0.0993 e. The number of hydrogen-bond acceptors (Lipinski definition) is 1. The van der Waals surface area contributed by atoms with Crippen LogP contribution in [0.3, 0.4) is 0 Å². The Morgan fingerprint density at radius 1 is 1.42 bits per heavy atom. The fourth-order valence-electron chi connectivity index (χ4n) is 2.02. The van der Waals surface area contributed by atoms with E-state index in [1.165, 1.54) is 18.4 Å². The molecule has 0 bridgehead atoms. The van der Waals surface area contributed by atoms with Crippen molar-refractivity contribution in [3.8, 4) is 0 Å². The average molecular weight is 185 g/mol. The van der Waals surface area contributed by atoms with Gasteiger partial charge in [-0.25, -0.2) is 4.21 Å². The predicted octanol–water partition coefficient (Wildman–Crippen LogP) is 1.64. The highest BCUT2D eigenvalue weighted by Crippen LogP contribution is 2.49. The highest BCUT2D eigenvalue weighted by molar-refractivity contribution is 7.84. The number of allylic oxidation sites excluding steroid dienone is 1. The molecule has 0 aromatic heterocycles.